The Morgan fingerprint density at radius 2 is 2.06 bits per heavy atom. The van der Waals surface area contributed by atoms with Crippen molar-refractivity contribution in [3.05, 3.63) is 34.6 Å². The molecule has 1 aromatic rings. The van der Waals surface area contributed by atoms with E-state index >= 15 is 0 Å². The Hall–Kier alpha value is -0.350. The molecule has 0 saturated carbocycles. The topological polar surface area (TPSA) is 46.2 Å². The maximum Gasteiger partial charge on any atom is 0.146 e. The molecule has 0 fully saturated rings. The lowest BCUT2D eigenvalue weighted by molar-refractivity contribution is 0.131. The van der Waals surface area contributed by atoms with Crippen LogP contribution >= 0.6 is 24.0 Å². The van der Waals surface area contributed by atoms with Gasteiger partial charge in [-0.05, 0) is 6.07 Å². The first-order valence-corrected chi connectivity index (χ1v) is 5.08. The molecule has 1 rings (SSSR count). The zero-order valence-electron chi connectivity index (χ0n) is 9.21. The Labute approximate surface area is 106 Å². The molecule has 0 amide bonds. The summed E-state index contributed by atoms with van der Waals surface area (Å²) in [6.07, 6.45) is 0. The average molecular weight is 268 g/mol. The minimum Gasteiger partial charge on any atom is -0.396 e. The van der Waals surface area contributed by atoms with E-state index in [1.807, 2.05) is 0 Å². The molecule has 2 nitrogen and oxygen atoms in total. The first-order chi connectivity index (χ1) is 6.90. The Morgan fingerprint density at radius 1 is 1.50 bits per heavy atom. The molecule has 0 aromatic heterocycles. The van der Waals surface area contributed by atoms with E-state index in [1.165, 1.54) is 6.07 Å². The van der Waals surface area contributed by atoms with Crippen LogP contribution in [0.2, 0.25) is 5.02 Å². The minimum atomic E-state index is -0.582. The van der Waals surface area contributed by atoms with Crippen molar-refractivity contribution >= 4 is 24.0 Å². The van der Waals surface area contributed by atoms with E-state index in [1.54, 1.807) is 26.0 Å². The first-order valence-electron chi connectivity index (χ1n) is 4.70. The van der Waals surface area contributed by atoms with Gasteiger partial charge in [-0.3, -0.25) is 0 Å². The molecule has 1 aromatic carbocycles. The summed E-state index contributed by atoms with van der Waals surface area (Å²) in [6.45, 7) is 3.44. The number of benzene rings is 1. The van der Waals surface area contributed by atoms with Gasteiger partial charge in [-0.1, -0.05) is 37.6 Å². The minimum absolute atomic E-state index is 0. The van der Waals surface area contributed by atoms with Gasteiger partial charge in [-0.2, -0.15) is 0 Å². The third kappa shape index (κ3) is 3.08. The SMILES string of the molecule is CC(C)(CO)[C@H](N)c1cccc(Cl)c1F.Cl. The highest BCUT2D eigenvalue weighted by atomic mass is 35.5. The maximum absolute atomic E-state index is 13.6. The van der Waals surface area contributed by atoms with Gasteiger partial charge in [-0.15, -0.1) is 12.4 Å². The van der Waals surface area contributed by atoms with Crippen molar-refractivity contribution in [2.75, 3.05) is 6.61 Å². The third-order valence-electron chi connectivity index (χ3n) is 2.57. The molecule has 16 heavy (non-hydrogen) atoms. The largest absolute Gasteiger partial charge is 0.396 e. The van der Waals surface area contributed by atoms with Crippen LogP contribution in [0.25, 0.3) is 0 Å². The number of aliphatic hydroxyl groups is 1. The van der Waals surface area contributed by atoms with Crippen LogP contribution in [-0.2, 0) is 0 Å². The lowest BCUT2D eigenvalue weighted by Crippen LogP contribution is -2.33. The first kappa shape index (κ1) is 15.7. The van der Waals surface area contributed by atoms with Crippen molar-refractivity contribution in [2.24, 2.45) is 11.1 Å². The fourth-order valence-corrected chi connectivity index (χ4v) is 1.46. The van der Waals surface area contributed by atoms with Crippen molar-refractivity contribution in [1.82, 2.24) is 0 Å². The van der Waals surface area contributed by atoms with Crippen LogP contribution in [0.1, 0.15) is 25.5 Å². The molecular formula is C11H16Cl2FNO. The van der Waals surface area contributed by atoms with Gasteiger partial charge in [0.1, 0.15) is 5.82 Å². The molecule has 3 N–H and O–H groups in total. The molecule has 0 unspecified atom stereocenters. The molecule has 0 aliphatic heterocycles. The summed E-state index contributed by atoms with van der Waals surface area (Å²) >= 11 is 5.66. The molecule has 0 radical (unpaired) electrons. The summed E-state index contributed by atoms with van der Waals surface area (Å²) in [5, 5.41) is 9.20. The molecule has 0 saturated heterocycles. The van der Waals surface area contributed by atoms with Gasteiger partial charge in [-0.25, -0.2) is 4.39 Å². The Bertz CT molecular complexity index is 358. The summed E-state index contributed by atoms with van der Waals surface area (Å²) in [7, 11) is 0. The molecule has 92 valence electrons. The second-order valence-corrected chi connectivity index (χ2v) is 4.67. The summed E-state index contributed by atoms with van der Waals surface area (Å²) in [5.74, 6) is -0.506. The Morgan fingerprint density at radius 3 is 2.56 bits per heavy atom. The lowest BCUT2D eigenvalue weighted by Gasteiger charge is -2.30. The Kier molecular flexibility index (Phi) is 5.70. The lowest BCUT2D eigenvalue weighted by atomic mass is 9.81. The van der Waals surface area contributed by atoms with Crippen molar-refractivity contribution < 1.29 is 9.50 Å². The third-order valence-corrected chi connectivity index (χ3v) is 2.86. The normalized spacial score (nSPS) is 13.1. The predicted octanol–water partition coefficient (Wildman–Crippen LogP) is 2.92. The zero-order valence-corrected chi connectivity index (χ0v) is 10.8. The molecule has 0 heterocycles. The van der Waals surface area contributed by atoms with Crippen molar-refractivity contribution in [3.8, 4) is 0 Å². The van der Waals surface area contributed by atoms with Crippen molar-refractivity contribution in [2.45, 2.75) is 19.9 Å². The van der Waals surface area contributed by atoms with Gasteiger partial charge in [0.25, 0.3) is 0 Å². The van der Waals surface area contributed by atoms with E-state index < -0.39 is 17.3 Å². The van der Waals surface area contributed by atoms with Crippen LogP contribution in [0.5, 0.6) is 0 Å². The van der Waals surface area contributed by atoms with Gasteiger partial charge >= 0.3 is 0 Å². The van der Waals surface area contributed by atoms with E-state index in [4.69, 9.17) is 22.4 Å². The van der Waals surface area contributed by atoms with Gasteiger partial charge in [0.2, 0.25) is 0 Å². The summed E-state index contributed by atoms with van der Waals surface area (Å²) < 4.78 is 13.6. The zero-order chi connectivity index (χ0) is 11.6. The number of rotatable bonds is 3. The number of hydrogen-bond donors (Lipinski definition) is 2. The van der Waals surface area contributed by atoms with Gasteiger partial charge in [0.15, 0.2) is 0 Å². The standard InChI is InChI=1S/C11H15ClFNO.ClH/c1-11(2,6-15)10(14)7-4-3-5-8(12)9(7)13;/h3-5,10,15H,6,14H2,1-2H3;1H/t10-;/m1./s1. The molecule has 0 aliphatic carbocycles. The van der Waals surface area contributed by atoms with Crippen LogP contribution < -0.4 is 5.73 Å². The van der Waals surface area contributed by atoms with Gasteiger partial charge in [0, 0.05) is 23.6 Å². The fraction of sp³-hybridized carbons (Fsp3) is 0.455. The number of hydrogen-bond acceptors (Lipinski definition) is 2. The van der Waals surface area contributed by atoms with Gasteiger partial charge in [0.05, 0.1) is 5.02 Å². The fourth-order valence-electron chi connectivity index (χ4n) is 1.28. The number of aliphatic hydroxyl groups excluding tert-OH is 1. The summed E-state index contributed by atoms with van der Waals surface area (Å²) in [4.78, 5) is 0. The van der Waals surface area contributed by atoms with E-state index in [9.17, 15) is 4.39 Å². The van der Waals surface area contributed by atoms with Crippen LogP contribution in [-0.4, -0.2) is 11.7 Å². The highest BCUT2D eigenvalue weighted by Crippen LogP contribution is 2.33. The van der Waals surface area contributed by atoms with E-state index in [0.717, 1.165) is 0 Å². The van der Waals surface area contributed by atoms with Crippen molar-refractivity contribution in [3.63, 3.8) is 0 Å². The molecule has 5 heteroatoms. The average Bonchev–Trinajstić information content (AvgIpc) is 2.21. The Balaban J connectivity index is 0.00000225. The van der Waals surface area contributed by atoms with E-state index in [2.05, 4.69) is 0 Å². The molecule has 0 spiro atoms. The van der Waals surface area contributed by atoms with Gasteiger partial charge < -0.3 is 10.8 Å². The van der Waals surface area contributed by atoms with Crippen LogP contribution in [0.15, 0.2) is 18.2 Å². The van der Waals surface area contributed by atoms with Crippen LogP contribution in [0.3, 0.4) is 0 Å². The highest BCUT2D eigenvalue weighted by molar-refractivity contribution is 6.30. The maximum atomic E-state index is 13.6. The van der Waals surface area contributed by atoms with Crippen LogP contribution in [0.4, 0.5) is 4.39 Å². The number of nitrogens with two attached hydrogens (primary N) is 1. The predicted molar refractivity (Wildman–Crippen MR) is 66.5 cm³/mol. The summed E-state index contributed by atoms with van der Waals surface area (Å²) in [5.41, 5.74) is 5.65. The monoisotopic (exact) mass is 267 g/mol. The molecule has 0 bridgehead atoms. The van der Waals surface area contributed by atoms with E-state index in [0.29, 0.717) is 5.56 Å². The summed E-state index contributed by atoms with van der Waals surface area (Å²) in [6, 6.07) is 4.12. The van der Waals surface area contributed by atoms with E-state index in [-0.39, 0.29) is 24.0 Å². The molecule has 0 aliphatic rings. The smallest absolute Gasteiger partial charge is 0.146 e. The van der Waals surface area contributed by atoms with Crippen LogP contribution in [0, 0.1) is 11.2 Å². The quantitative estimate of drug-likeness (QED) is 0.885. The second kappa shape index (κ2) is 5.82. The molecule has 1 atom stereocenters. The van der Waals surface area contributed by atoms with Crippen molar-refractivity contribution in [1.29, 1.82) is 0 Å². The molecular weight excluding hydrogens is 252 g/mol. The highest BCUT2D eigenvalue weighted by Gasteiger charge is 2.29. The second-order valence-electron chi connectivity index (χ2n) is 4.27. The number of halogens is 3.